The van der Waals surface area contributed by atoms with Crippen LogP contribution in [0.4, 0.5) is 11.5 Å². The number of hydrogen-bond acceptors (Lipinski definition) is 2. The number of nitrogens with zero attached hydrogens (tertiary/aromatic N) is 1. The summed E-state index contributed by atoms with van der Waals surface area (Å²) < 4.78 is 0. The molecule has 3 N–H and O–H groups in total. The normalized spacial score (nSPS) is 15.3. The zero-order valence-electron chi connectivity index (χ0n) is 14.4. The Morgan fingerprint density at radius 2 is 1.88 bits per heavy atom. The first-order chi connectivity index (χ1) is 11.6. The number of quaternary nitrogens is 1. The highest BCUT2D eigenvalue weighted by Gasteiger charge is 2.27. The van der Waals surface area contributed by atoms with Crippen LogP contribution in [0.3, 0.4) is 0 Å². The van der Waals surface area contributed by atoms with Gasteiger partial charge in [-0.1, -0.05) is 12.1 Å². The van der Waals surface area contributed by atoms with Gasteiger partial charge in [-0.15, -0.1) is 0 Å². The Hall–Kier alpha value is -2.40. The number of aromatic nitrogens is 1. The minimum atomic E-state index is 0.0923. The molecule has 2 aromatic rings. The van der Waals surface area contributed by atoms with Crippen LogP contribution in [0.25, 0.3) is 0 Å². The zero-order valence-corrected chi connectivity index (χ0v) is 14.4. The largest absolute Gasteiger partial charge is 0.321 e. The second-order valence-corrected chi connectivity index (χ2v) is 6.59. The van der Waals surface area contributed by atoms with Gasteiger partial charge in [-0.3, -0.25) is 9.69 Å². The summed E-state index contributed by atoms with van der Waals surface area (Å²) in [5.74, 6) is 1.24. The third-order valence-corrected chi connectivity index (χ3v) is 4.42. The summed E-state index contributed by atoms with van der Waals surface area (Å²) in [5, 5.41) is 3.03. The third kappa shape index (κ3) is 4.32. The van der Waals surface area contributed by atoms with E-state index in [-0.39, 0.29) is 5.91 Å². The highest BCUT2D eigenvalue weighted by Crippen LogP contribution is 2.13. The Morgan fingerprint density at radius 1 is 1.17 bits per heavy atom. The lowest BCUT2D eigenvalue weighted by atomic mass is 10.1. The minimum Gasteiger partial charge on any atom is -0.321 e. The van der Waals surface area contributed by atoms with E-state index < -0.39 is 0 Å². The molecule has 24 heavy (non-hydrogen) atoms. The summed E-state index contributed by atoms with van der Waals surface area (Å²) in [6.45, 7) is 8.51. The Balaban J connectivity index is 1.50. The molecular formula is C19H26N4O+2. The van der Waals surface area contributed by atoms with Gasteiger partial charge in [0.05, 0.1) is 6.20 Å². The summed E-state index contributed by atoms with van der Waals surface area (Å²) in [6.07, 6.45) is 1.95. The van der Waals surface area contributed by atoms with Crippen LogP contribution in [-0.4, -0.2) is 38.6 Å². The van der Waals surface area contributed by atoms with Gasteiger partial charge in [-0.05, 0) is 43.2 Å². The fraction of sp³-hybridized carbons (Fsp3) is 0.368. The molecule has 0 spiro atoms. The smallest absolute Gasteiger partial charge is 0.279 e. The van der Waals surface area contributed by atoms with Crippen LogP contribution < -0.4 is 20.1 Å². The molecule has 0 atom stereocenters. The molecular weight excluding hydrogens is 300 g/mol. The monoisotopic (exact) mass is 326 g/mol. The number of aromatic amines is 1. The second-order valence-electron chi connectivity index (χ2n) is 6.59. The average Bonchev–Trinajstić information content (AvgIpc) is 2.55. The number of rotatable bonds is 4. The van der Waals surface area contributed by atoms with E-state index in [1.54, 1.807) is 0 Å². The van der Waals surface area contributed by atoms with Gasteiger partial charge < -0.3 is 10.2 Å². The number of hydrogen-bond donors (Lipinski definition) is 2. The molecule has 5 nitrogen and oxygen atoms in total. The summed E-state index contributed by atoms with van der Waals surface area (Å²) in [7, 11) is 0. The molecule has 1 aliphatic rings. The number of carbonyl (C=O) groups excluding carboxylic acids is 1. The predicted octanol–water partition coefficient (Wildman–Crippen LogP) is 0.461. The van der Waals surface area contributed by atoms with Gasteiger partial charge in [-0.25, -0.2) is 4.98 Å². The van der Waals surface area contributed by atoms with E-state index in [0.717, 1.165) is 37.7 Å². The van der Waals surface area contributed by atoms with E-state index in [0.29, 0.717) is 6.54 Å². The van der Waals surface area contributed by atoms with E-state index in [1.165, 1.54) is 16.0 Å². The third-order valence-electron chi connectivity index (χ3n) is 4.42. The number of nitrogens with one attached hydrogen (secondary N) is 3. The molecule has 3 rings (SSSR count). The molecule has 1 amide bonds. The molecule has 0 saturated carbocycles. The first-order valence-corrected chi connectivity index (χ1v) is 8.53. The van der Waals surface area contributed by atoms with Gasteiger partial charge in [0, 0.05) is 11.8 Å². The summed E-state index contributed by atoms with van der Waals surface area (Å²) in [5.41, 5.74) is 3.24. The fourth-order valence-corrected chi connectivity index (χ4v) is 3.30. The van der Waals surface area contributed by atoms with Crippen molar-refractivity contribution in [1.29, 1.82) is 0 Å². The van der Waals surface area contributed by atoms with Gasteiger partial charge in [0.15, 0.2) is 6.54 Å². The van der Waals surface area contributed by atoms with Crippen molar-refractivity contribution >= 4 is 17.4 Å². The van der Waals surface area contributed by atoms with E-state index in [1.807, 2.05) is 44.3 Å². The number of benzene rings is 1. The fourth-order valence-electron chi connectivity index (χ4n) is 3.30. The Labute approximate surface area is 143 Å². The lowest BCUT2D eigenvalue weighted by Gasteiger charge is -2.27. The minimum absolute atomic E-state index is 0.0923. The molecule has 5 heteroatoms. The van der Waals surface area contributed by atoms with Crippen molar-refractivity contribution in [2.24, 2.45) is 0 Å². The lowest BCUT2D eigenvalue weighted by molar-refractivity contribution is -0.892. The van der Waals surface area contributed by atoms with Crippen LogP contribution in [0.2, 0.25) is 0 Å². The van der Waals surface area contributed by atoms with Crippen molar-refractivity contribution in [2.75, 3.05) is 42.9 Å². The van der Waals surface area contributed by atoms with Crippen LogP contribution in [0.5, 0.6) is 0 Å². The maximum Gasteiger partial charge on any atom is 0.279 e. The second kappa shape index (κ2) is 7.45. The molecule has 1 aliphatic heterocycles. The van der Waals surface area contributed by atoms with Crippen LogP contribution in [0.15, 0.2) is 42.6 Å². The van der Waals surface area contributed by atoms with E-state index in [2.05, 4.69) is 27.3 Å². The Kier molecular flexibility index (Phi) is 5.11. The number of piperazine rings is 1. The first-order valence-electron chi connectivity index (χ1n) is 8.53. The maximum absolute atomic E-state index is 12.3. The van der Waals surface area contributed by atoms with Crippen molar-refractivity contribution in [3.63, 3.8) is 0 Å². The number of aryl methyl sites for hydroxylation is 2. The maximum atomic E-state index is 12.3. The van der Waals surface area contributed by atoms with E-state index in [9.17, 15) is 4.79 Å². The van der Waals surface area contributed by atoms with Gasteiger partial charge in [0.2, 0.25) is 0 Å². The summed E-state index contributed by atoms with van der Waals surface area (Å²) in [4.78, 5) is 19.3. The molecule has 0 radical (unpaired) electrons. The standard InChI is InChI=1S/C19H24N4O/c1-15-11-16(2)13-17(12-15)21-19(24)14-22-7-9-23(10-8-22)18-5-3-4-6-20-18/h3-6,11-13H,7-10,14H2,1-2H3,(H,21,24)/p+2. The van der Waals surface area contributed by atoms with E-state index >= 15 is 0 Å². The molecule has 0 unspecified atom stereocenters. The highest BCUT2D eigenvalue weighted by atomic mass is 16.2. The lowest BCUT2D eigenvalue weighted by Crippen LogP contribution is -3.15. The Morgan fingerprint density at radius 3 is 2.50 bits per heavy atom. The zero-order chi connectivity index (χ0) is 16.9. The van der Waals surface area contributed by atoms with Crippen molar-refractivity contribution in [2.45, 2.75) is 13.8 Å². The number of carbonyl (C=O) groups is 1. The van der Waals surface area contributed by atoms with Crippen LogP contribution >= 0.6 is 0 Å². The van der Waals surface area contributed by atoms with Gasteiger partial charge in [0.1, 0.15) is 26.2 Å². The molecule has 0 bridgehead atoms. The molecule has 2 heterocycles. The van der Waals surface area contributed by atoms with Crippen LogP contribution in [0.1, 0.15) is 11.1 Å². The predicted molar refractivity (Wildman–Crippen MR) is 95.3 cm³/mol. The van der Waals surface area contributed by atoms with E-state index in [4.69, 9.17) is 0 Å². The quantitative estimate of drug-likeness (QED) is 0.858. The molecule has 1 saturated heterocycles. The molecule has 1 fully saturated rings. The SMILES string of the molecule is Cc1cc(C)cc(NC(=O)C[NH+]2CCN(c3cccc[nH+]3)CC2)c1. The van der Waals surface area contributed by atoms with Gasteiger partial charge in [0.25, 0.3) is 11.7 Å². The number of pyridine rings is 1. The molecule has 1 aromatic carbocycles. The number of anilines is 2. The molecule has 1 aromatic heterocycles. The molecule has 126 valence electrons. The van der Waals surface area contributed by atoms with Crippen molar-refractivity contribution in [3.8, 4) is 0 Å². The highest BCUT2D eigenvalue weighted by molar-refractivity contribution is 5.91. The van der Waals surface area contributed by atoms with Crippen molar-refractivity contribution in [3.05, 3.63) is 53.7 Å². The van der Waals surface area contributed by atoms with Crippen molar-refractivity contribution in [1.82, 2.24) is 0 Å². The Bertz CT molecular complexity index is 674. The average molecular weight is 326 g/mol. The molecule has 0 aliphatic carbocycles. The summed E-state index contributed by atoms with van der Waals surface area (Å²) >= 11 is 0. The summed E-state index contributed by atoms with van der Waals surface area (Å²) in [6, 6.07) is 12.3. The van der Waals surface area contributed by atoms with Crippen LogP contribution in [0, 0.1) is 13.8 Å². The topological polar surface area (TPSA) is 50.9 Å². The van der Waals surface area contributed by atoms with Crippen LogP contribution in [-0.2, 0) is 4.79 Å². The number of amides is 1. The first kappa shape index (κ1) is 16.5. The van der Waals surface area contributed by atoms with Gasteiger partial charge >= 0.3 is 0 Å². The number of H-pyrrole nitrogens is 1. The van der Waals surface area contributed by atoms with Crippen molar-refractivity contribution < 1.29 is 14.7 Å². The van der Waals surface area contributed by atoms with Gasteiger partial charge in [-0.2, -0.15) is 0 Å².